The van der Waals surface area contributed by atoms with E-state index in [9.17, 15) is 4.79 Å². The van der Waals surface area contributed by atoms with Gasteiger partial charge in [0.2, 0.25) is 0 Å². The van der Waals surface area contributed by atoms with Crippen LogP contribution in [0.5, 0.6) is 0 Å². The lowest BCUT2D eigenvalue weighted by atomic mass is 9.49. The van der Waals surface area contributed by atoms with Crippen molar-refractivity contribution in [1.29, 1.82) is 0 Å². The topological polar surface area (TPSA) is 44.8 Å². The van der Waals surface area contributed by atoms with Crippen LogP contribution in [0.4, 0.5) is 0 Å². The van der Waals surface area contributed by atoms with E-state index in [4.69, 9.17) is 9.78 Å². The third-order valence-electron chi connectivity index (χ3n) is 6.92. The minimum Gasteiger partial charge on any atom is -0.466 e. The molecule has 1 unspecified atom stereocenters. The predicted molar refractivity (Wildman–Crippen MR) is 85.4 cm³/mol. The molecule has 4 bridgehead atoms. The molecule has 1 atom stereocenters. The van der Waals surface area contributed by atoms with Crippen molar-refractivity contribution in [2.45, 2.75) is 69.5 Å². The summed E-state index contributed by atoms with van der Waals surface area (Å²) in [7, 11) is 1.39. The van der Waals surface area contributed by atoms with Crippen LogP contribution in [-0.2, 0) is 19.3 Å². The van der Waals surface area contributed by atoms with Gasteiger partial charge in [-0.3, -0.25) is 0 Å². The molecule has 4 nitrogen and oxygen atoms in total. The summed E-state index contributed by atoms with van der Waals surface area (Å²) >= 11 is 0. The van der Waals surface area contributed by atoms with Gasteiger partial charge in [0, 0.05) is 6.08 Å². The molecule has 0 aromatic carbocycles. The lowest BCUT2D eigenvalue weighted by molar-refractivity contribution is -0.428. The number of carbonyl (C=O) groups excluding carboxylic acids is 1. The molecule has 4 aliphatic carbocycles. The Balaban J connectivity index is 1.51. The lowest BCUT2D eigenvalue weighted by Crippen LogP contribution is -2.58. The van der Waals surface area contributed by atoms with Gasteiger partial charge in [0.05, 0.1) is 7.11 Å². The number of hydrogen-bond acceptors (Lipinski definition) is 4. The maximum atomic E-state index is 11.4. The molecular weight excluding hydrogens is 292 g/mol. The largest absolute Gasteiger partial charge is 0.466 e. The maximum Gasteiger partial charge on any atom is 0.330 e. The highest BCUT2D eigenvalue weighted by atomic mass is 17.2. The second-order valence-corrected chi connectivity index (χ2v) is 8.45. The molecule has 128 valence electrons. The quantitative estimate of drug-likeness (QED) is 0.441. The molecule has 5 fully saturated rings. The van der Waals surface area contributed by atoms with Crippen LogP contribution in [0.3, 0.4) is 0 Å². The van der Waals surface area contributed by atoms with Gasteiger partial charge in [-0.2, -0.15) is 0 Å². The molecule has 1 heterocycles. The summed E-state index contributed by atoms with van der Waals surface area (Å²) in [5.74, 6) is 2.86. The van der Waals surface area contributed by atoms with Crippen molar-refractivity contribution in [2.24, 2.45) is 23.7 Å². The van der Waals surface area contributed by atoms with Crippen molar-refractivity contribution < 1.29 is 19.3 Å². The monoisotopic (exact) mass is 320 g/mol. The molecule has 1 aliphatic heterocycles. The van der Waals surface area contributed by atoms with Gasteiger partial charge >= 0.3 is 5.97 Å². The van der Waals surface area contributed by atoms with Crippen LogP contribution in [0.1, 0.15) is 58.3 Å². The Kier molecular flexibility index (Phi) is 3.80. The molecule has 1 saturated heterocycles. The fraction of sp³-hybridized carbons (Fsp3) is 0.842. The highest BCUT2D eigenvalue weighted by Gasteiger charge is 2.59. The zero-order valence-corrected chi connectivity index (χ0v) is 14.3. The molecular formula is C19H28O4. The summed E-state index contributed by atoms with van der Waals surface area (Å²) in [5.41, 5.74) is -0.601. The van der Waals surface area contributed by atoms with E-state index < -0.39 is 5.60 Å². The Labute approximate surface area is 138 Å². The van der Waals surface area contributed by atoms with Gasteiger partial charge < -0.3 is 4.74 Å². The number of ether oxygens (including phenoxy) is 1. The molecule has 5 aliphatic rings. The molecule has 0 radical (unpaired) electrons. The number of rotatable bonds is 2. The first-order valence-corrected chi connectivity index (χ1v) is 9.17. The lowest BCUT2D eigenvalue weighted by Gasteiger charge is -2.59. The van der Waals surface area contributed by atoms with Crippen molar-refractivity contribution in [3.8, 4) is 0 Å². The first-order valence-electron chi connectivity index (χ1n) is 9.17. The van der Waals surface area contributed by atoms with Gasteiger partial charge in [-0.1, -0.05) is 0 Å². The van der Waals surface area contributed by atoms with Gasteiger partial charge in [-0.25, -0.2) is 14.6 Å². The number of hydrogen-bond donors (Lipinski definition) is 0. The fourth-order valence-electron chi connectivity index (χ4n) is 5.92. The van der Waals surface area contributed by atoms with Gasteiger partial charge in [0.15, 0.2) is 0 Å². The zero-order valence-electron chi connectivity index (χ0n) is 14.3. The minimum absolute atomic E-state index is 0.0652. The number of methoxy groups -OCH3 is 1. The van der Waals surface area contributed by atoms with Crippen LogP contribution in [0.25, 0.3) is 0 Å². The van der Waals surface area contributed by atoms with Gasteiger partial charge in [-0.15, -0.1) is 0 Å². The second-order valence-electron chi connectivity index (χ2n) is 8.45. The number of esters is 1. The van der Waals surface area contributed by atoms with E-state index in [1.54, 1.807) is 6.08 Å². The average molecular weight is 320 g/mol. The summed E-state index contributed by atoms with van der Waals surface area (Å²) < 4.78 is 4.68. The van der Waals surface area contributed by atoms with Crippen LogP contribution in [-0.4, -0.2) is 24.3 Å². The third-order valence-corrected chi connectivity index (χ3v) is 6.92. The number of carbonyl (C=O) groups is 1. The van der Waals surface area contributed by atoms with E-state index in [0.717, 1.165) is 31.1 Å². The van der Waals surface area contributed by atoms with E-state index in [2.05, 4.69) is 4.74 Å². The van der Waals surface area contributed by atoms with Crippen molar-refractivity contribution >= 4 is 5.97 Å². The molecule has 0 amide bonds. The molecule has 0 aromatic rings. The molecule has 0 N–H and O–H groups in total. The molecule has 1 spiro atoms. The van der Waals surface area contributed by atoms with Gasteiger partial charge in [-0.05, 0) is 88.0 Å². The fourth-order valence-corrected chi connectivity index (χ4v) is 5.92. The SMILES string of the molecule is COC(=O)C=CC1(C)CCCC2(OO1)C1CC3CC(C1)CC2C3. The summed E-state index contributed by atoms with van der Waals surface area (Å²) in [6.45, 7) is 2.00. The molecule has 5 rings (SSSR count). The second kappa shape index (κ2) is 5.59. The van der Waals surface area contributed by atoms with Crippen molar-refractivity contribution in [3.05, 3.63) is 12.2 Å². The Morgan fingerprint density at radius 2 is 1.70 bits per heavy atom. The van der Waals surface area contributed by atoms with E-state index in [-0.39, 0.29) is 11.6 Å². The average Bonchev–Trinajstić information content (AvgIpc) is 2.71. The van der Waals surface area contributed by atoms with Crippen molar-refractivity contribution in [1.82, 2.24) is 0 Å². The highest BCUT2D eigenvalue weighted by Crippen LogP contribution is 2.61. The van der Waals surface area contributed by atoms with Gasteiger partial charge in [0.1, 0.15) is 11.2 Å². The van der Waals surface area contributed by atoms with E-state index in [1.807, 2.05) is 6.92 Å². The molecule has 23 heavy (non-hydrogen) atoms. The normalized spacial score (nSPS) is 48.8. The van der Waals surface area contributed by atoms with Crippen LogP contribution >= 0.6 is 0 Å². The first-order chi connectivity index (χ1) is 11.0. The summed E-state index contributed by atoms with van der Waals surface area (Å²) in [6, 6.07) is 0. The first kappa shape index (κ1) is 15.6. The van der Waals surface area contributed by atoms with Gasteiger partial charge in [0.25, 0.3) is 0 Å². The Hall–Kier alpha value is -0.870. The predicted octanol–water partition coefficient (Wildman–Crippen LogP) is 3.80. The summed E-state index contributed by atoms with van der Waals surface area (Å²) in [6.07, 6.45) is 13.1. The van der Waals surface area contributed by atoms with Crippen LogP contribution in [0.2, 0.25) is 0 Å². The Morgan fingerprint density at radius 3 is 2.30 bits per heavy atom. The van der Waals surface area contributed by atoms with E-state index >= 15 is 0 Å². The van der Waals surface area contributed by atoms with Crippen LogP contribution in [0.15, 0.2) is 12.2 Å². The van der Waals surface area contributed by atoms with E-state index in [0.29, 0.717) is 11.8 Å². The zero-order chi connectivity index (χ0) is 16.1. The standard InChI is InChI=1S/C19H28O4/c1-18(7-4-17(20)21-2)5-3-6-19(23-22-18)15-9-13-8-14(11-15)12-16(19)10-13/h4,7,13-16H,3,5-6,8-12H2,1-2H3. The minimum atomic E-state index is -0.535. The molecule has 0 aromatic heterocycles. The molecule has 4 saturated carbocycles. The molecule has 4 heteroatoms. The van der Waals surface area contributed by atoms with Crippen molar-refractivity contribution in [2.75, 3.05) is 7.11 Å². The smallest absolute Gasteiger partial charge is 0.330 e. The van der Waals surface area contributed by atoms with Crippen molar-refractivity contribution in [3.63, 3.8) is 0 Å². The Morgan fingerprint density at radius 1 is 1.04 bits per heavy atom. The highest BCUT2D eigenvalue weighted by molar-refractivity contribution is 5.81. The summed E-state index contributed by atoms with van der Waals surface area (Å²) in [5, 5.41) is 0. The summed E-state index contributed by atoms with van der Waals surface area (Å²) in [4.78, 5) is 23.6. The maximum absolute atomic E-state index is 11.4. The van der Waals surface area contributed by atoms with Crippen LogP contribution in [0, 0.1) is 23.7 Å². The van der Waals surface area contributed by atoms with E-state index in [1.165, 1.54) is 45.3 Å². The Bertz CT molecular complexity index is 483. The van der Waals surface area contributed by atoms with Crippen LogP contribution < -0.4 is 0 Å². The third kappa shape index (κ3) is 2.64.